The Morgan fingerprint density at radius 3 is 1.41 bits per heavy atom. The quantitative estimate of drug-likeness (QED) is 0.186. The van der Waals surface area contributed by atoms with E-state index in [0.29, 0.717) is 6.54 Å². The summed E-state index contributed by atoms with van der Waals surface area (Å²) in [6.45, 7) is 9.45. The highest BCUT2D eigenvalue weighted by Gasteiger charge is 2.14. The summed E-state index contributed by atoms with van der Waals surface area (Å²) < 4.78 is 0. The van der Waals surface area contributed by atoms with Crippen molar-refractivity contribution in [3.8, 4) is 33.6 Å². The van der Waals surface area contributed by atoms with Gasteiger partial charge in [-0.3, -0.25) is 0 Å². The van der Waals surface area contributed by atoms with Gasteiger partial charge in [-0.05, 0) is 101 Å². The van der Waals surface area contributed by atoms with Crippen LogP contribution in [0.25, 0.3) is 33.6 Å². The summed E-state index contributed by atoms with van der Waals surface area (Å²) in [5, 5.41) is 3.51. The van der Waals surface area contributed by atoms with Crippen molar-refractivity contribution in [3.05, 3.63) is 125 Å². The topological polar surface area (TPSA) is 50.9 Å². The van der Waals surface area contributed by atoms with Gasteiger partial charge in [0.15, 0.2) is 0 Å². The van der Waals surface area contributed by atoms with Crippen molar-refractivity contribution in [2.24, 2.45) is 5.73 Å². The molecule has 0 aliphatic carbocycles. The average molecular weight is 540 g/mol. The Balaban J connectivity index is 1.58. The zero-order valence-corrected chi connectivity index (χ0v) is 24.8. The molecule has 3 N–H and O–H groups in total. The summed E-state index contributed by atoms with van der Waals surface area (Å²) in [7, 11) is 0. The van der Waals surface area contributed by atoms with Crippen LogP contribution in [0.3, 0.4) is 0 Å². The van der Waals surface area contributed by atoms with Crippen molar-refractivity contribution in [1.82, 2.24) is 4.98 Å². The standard InChI is InChI=1S/C38H41N3/c1-5-26-11-19-35(29(7-3)21-26)37-23-32(24-38(41-37)36-20-12-27(6-2)22-30(36)8-4)31-13-17-34(18-14-31)40-33-15-9-28(25-39)10-16-33/h9-24,40H,5-8,25,39H2,1-4H3. The van der Waals surface area contributed by atoms with E-state index in [-0.39, 0.29) is 0 Å². The number of aryl methyl sites for hydroxylation is 4. The van der Waals surface area contributed by atoms with Gasteiger partial charge in [0.2, 0.25) is 0 Å². The highest BCUT2D eigenvalue weighted by molar-refractivity contribution is 5.79. The van der Waals surface area contributed by atoms with E-state index in [0.717, 1.165) is 54.0 Å². The fraction of sp³-hybridized carbons (Fsp3) is 0.237. The molecule has 1 aromatic heterocycles. The molecular weight excluding hydrogens is 498 g/mol. The number of nitrogens with zero attached hydrogens (tertiary/aromatic N) is 1. The third kappa shape index (κ3) is 6.42. The van der Waals surface area contributed by atoms with Crippen LogP contribution < -0.4 is 11.1 Å². The summed E-state index contributed by atoms with van der Waals surface area (Å²) >= 11 is 0. The number of aromatic nitrogens is 1. The lowest BCUT2D eigenvalue weighted by atomic mass is 9.93. The van der Waals surface area contributed by atoms with Crippen LogP contribution in [0.15, 0.2) is 97.1 Å². The Morgan fingerprint density at radius 1 is 0.512 bits per heavy atom. The van der Waals surface area contributed by atoms with Gasteiger partial charge in [-0.2, -0.15) is 0 Å². The first-order valence-corrected chi connectivity index (χ1v) is 15.0. The van der Waals surface area contributed by atoms with Crippen molar-refractivity contribution in [1.29, 1.82) is 0 Å². The fourth-order valence-electron chi connectivity index (χ4n) is 5.43. The predicted octanol–water partition coefficient (Wildman–Crippen LogP) is 9.53. The SMILES string of the molecule is CCc1ccc(-c2cc(-c3ccc(Nc4ccc(CN)cc4)cc3)cc(-c3ccc(CC)cc3CC)n2)c(CC)c1. The van der Waals surface area contributed by atoms with E-state index in [1.165, 1.54) is 44.5 Å². The van der Waals surface area contributed by atoms with Crippen molar-refractivity contribution < 1.29 is 0 Å². The molecule has 0 saturated carbocycles. The third-order valence-electron chi connectivity index (χ3n) is 7.99. The third-order valence-corrected chi connectivity index (χ3v) is 7.99. The molecule has 3 nitrogen and oxygen atoms in total. The van der Waals surface area contributed by atoms with Gasteiger partial charge < -0.3 is 11.1 Å². The number of benzene rings is 4. The normalized spacial score (nSPS) is 11.0. The van der Waals surface area contributed by atoms with Crippen LogP contribution in [-0.2, 0) is 32.2 Å². The van der Waals surface area contributed by atoms with Crippen LogP contribution in [0.5, 0.6) is 0 Å². The molecule has 3 heteroatoms. The van der Waals surface area contributed by atoms with Crippen molar-refractivity contribution in [2.45, 2.75) is 59.9 Å². The van der Waals surface area contributed by atoms with Crippen LogP contribution >= 0.6 is 0 Å². The molecule has 0 amide bonds. The first-order chi connectivity index (χ1) is 20.0. The molecule has 4 aromatic carbocycles. The van der Waals surface area contributed by atoms with Gasteiger partial charge in [0, 0.05) is 29.0 Å². The molecule has 0 aliphatic heterocycles. The number of nitrogens with one attached hydrogen (secondary N) is 1. The zero-order chi connectivity index (χ0) is 28.8. The second-order valence-corrected chi connectivity index (χ2v) is 10.6. The number of rotatable bonds is 10. The second-order valence-electron chi connectivity index (χ2n) is 10.6. The Labute approximate surface area is 245 Å². The largest absolute Gasteiger partial charge is 0.356 e. The van der Waals surface area contributed by atoms with E-state index in [1.54, 1.807) is 0 Å². The maximum absolute atomic E-state index is 5.75. The highest BCUT2D eigenvalue weighted by atomic mass is 14.9. The highest BCUT2D eigenvalue weighted by Crippen LogP contribution is 2.34. The van der Waals surface area contributed by atoms with Crippen molar-refractivity contribution in [2.75, 3.05) is 5.32 Å². The minimum atomic E-state index is 0.551. The number of pyridine rings is 1. The van der Waals surface area contributed by atoms with E-state index in [9.17, 15) is 0 Å². The summed E-state index contributed by atoms with van der Waals surface area (Å²) in [5.74, 6) is 0. The second kappa shape index (κ2) is 13.0. The van der Waals surface area contributed by atoms with Crippen molar-refractivity contribution in [3.63, 3.8) is 0 Å². The smallest absolute Gasteiger partial charge is 0.0718 e. The average Bonchev–Trinajstić information content (AvgIpc) is 3.04. The lowest BCUT2D eigenvalue weighted by Crippen LogP contribution is -1.98. The molecular formula is C38H41N3. The van der Waals surface area contributed by atoms with Gasteiger partial charge in [-0.15, -0.1) is 0 Å². The van der Waals surface area contributed by atoms with Crippen LogP contribution in [0.2, 0.25) is 0 Å². The van der Waals surface area contributed by atoms with Gasteiger partial charge in [0.25, 0.3) is 0 Å². The predicted molar refractivity (Wildman–Crippen MR) is 176 cm³/mol. The number of anilines is 2. The molecule has 0 fully saturated rings. The van der Waals surface area contributed by atoms with E-state index in [4.69, 9.17) is 10.7 Å². The number of hydrogen-bond acceptors (Lipinski definition) is 3. The molecule has 5 rings (SSSR count). The Hall–Kier alpha value is -4.21. The monoisotopic (exact) mass is 539 g/mol. The first kappa shape index (κ1) is 28.3. The number of nitrogens with two attached hydrogens (primary N) is 1. The maximum Gasteiger partial charge on any atom is 0.0718 e. The Bertz CT molecular complexity index is 1540. The fourth-order valence-corrected chi connectivity index (χ4v) is 5.43. The summed E-state index contributed by atoms with van der Waals surface area (Å²) in [6.07, 6.45) is 4.02. The molecule has 0 radical (unpaired) electrons. The first-order valence-electron chi connectivity index (χ1n) is 15.0. The van der Waals surface area contributed by atoms with E-state index in [2.05, 4.69) is 130 Å². The van der Waals surface area contributed by atoms with E-state index >= 15 is 0 Å². The van der Waals surface area contributed by atoms with Crippen molar-refractivity contribution >= 4 is 11.4 Å². The van der Waals surface area contributed by atoms with Crippen LogP contribution in [0, 0.1) is 0 Å². The zero-order valence-electron chi connectivity index (χ0n) is 24.8. The summed E-state index contributed by atoms with van der Waals surface area (Å²) in [5.41, 5.74) is 21.2. The molecule has 0 atom stereocenters. The minimum Gasteiger partial charge on any atom is -0.356 e. The van der Waals surface area contributed by atoms with Crippen LogP contribution in [0.1, 0.15) is 55.5 Å². The molecule has 0 unspecified atom stereocenters. The van der Waals surface area contributed by atoms with Gasteiger partial charge in [0.05, 0.1) is 11.4 Å². The minimum absolute atomic E-state index is 0.551. The Kier molecular flexibility index (Phi) is 8.96. The molecule has 208 valence electrons. The molecule has 0 aliphatic rings. The summed E-state index contributed by atoms with van der Waals surface area (Å²) in [6, 6.07) is 35.2. The van der Waals surface area contributed by atoms with Gasteiger partial charge >= 0.3 is 0 Å². The molecule has 0 bridgehead atoms. The van der Waals surface area contributed by atoms with Crippen LogP contribution in [-0.4, -0.2) is 4.98 Å². The molecule has 5 aromatic rings. The number of hydrogen-bond donors (Lipinski definition) is 2. The van der Waals surface area contributed by atoms with Gasteiger partial charge in [0.1, 0.15) is 0 Å². The van der Waals surface area contributed by atoms with Crippen LogP contribution in [0.4, 0.5) is 11.4 Å². The lowest BCUT2D eigenvalue weighted by molar-refractivity contribution is 1.07. The summed E-state index contributed by atoms with van der Waals surface area (Å²) in [4.78, 5) is 5.29. The van der Waals surface area contributed by atoms with Gasteiger partial charge in [-0.1, -0.05) is 88.4 Å². The lowest BCUT2D eigenvalue weighted by Gasteiger charge is -2.16. The van der Waals surface area contributed by atoms with Gasteiger partial charge in [-0.25, -0.2) is 4.98 Å². The molecule has 0 saturated heterocycles. The molecule has 0 spiro atoms. The molecule has 41 heavy (non-hydrogen) atoms. The van der Waals surface area contributed by atoms with E-state index in [1.807, 2.05) is 0 Å². The van der Waals surface area contributed by atoms with E-state index < -0.39 is 0 Å². The molecule has 1 heterocycles. The maximum atomic E-state index is 5.75. The Morgan fingerprint density at radius 2 is 0.976 bits per heavy atom.